The van der Waals surface area contributed by atoms with Gasteiger partial charge >= 0.3 is 5.97 Å². The van der Waals surface area contributed by atoms with Crippen molar-refractivity contribution in [2.75, 3.05) is 12.4 Å². The van der Waals surface area contributed by atoms with E-state index in [9.17, 15) is 4.79 Å². The summed E-state index contributed by atoms with van der Waals surface area (Å²) in [4.78, 5) is 12.2. The minimum absolute atomic E-state index is 0.396. The first kappa shape index (κ1) is 18.1. The summed E-state index contributed by atoms with van der Waals surface area (Å²) < 4.78 is 7.10. The van der Waals surface area contributed by atoms with Crippen molar-refractivity contribution < 1.29 is 9.53 Å². The molecule has 0 unspecified atom stereocenters. The molecule has 0 bridgehead atoms. The Morgan fingerprint density at radius 1 is 1.00 bits per heavy atom. The van der Waals surface area contributed by atoms with E-state index in [4.69, 9.17) is 16.3 Å². The highest BCUT2D eigenvalue weighted by Crippen LogP contribution is 2.31. The normalized spacial score (nSPS) is 10.8. The third kappa shape index (κ3) is 3.59. The van der Waals surface area contributed by atoms with E-state index in [1.165, 1.54) is 12.7 Å². The number of hydrogen-bond donors (Lipinski definition) is 1. The van der Waals surface area contributed by atoms with Gasteiger partial charge in [0.15, 0.2) is 0 Å². The van der Waals surface area contributed by atoms with Crippen molar-refractivity contribution >= 4 is 39.8 Å². The number of carbonyl (C=O) groups excluding carboxylic acids is 1. The number of hydrogen-bond acceptors (Lipinski definition) is 3. The van der Waals surface area contributed by atoms with Gasteiger partial charge in [0.2, 0.25) is 0 Å². The number of benzene rings is 3. The number of esters is 1. The fourth-order valence-electron chi connectivity index (χ4n) is 3.32. The van der Waals surface area contributed by atoms with Gasteiger partial charge in [0.25, 0.3) is 0 Å². The maximum absolute atomic E-state index is 12.2. The molecule has 28 heavy (non-hydrogen) atoms. The third-order valence-corrected chi connectivity index (χ3v) is 4.88. The molecule has 4 aromatic rings. The Balaban J connectivity index is 1.76. The van der Waals surface area contributed by atoms with E-state index < -0.39 is 5.97 Å². The average Bonchev–Trinajstić information content (AvgIpc) is 3.13. The van der Waals surface area contributed by atoms with Crippen molar-refractivity contribution in [1.29, 1.82) is 0 Å². The maximum Gasteiger partial charge on any atom is 0.340 e. The largest absolute Gasteiger partial charge is 0.465 e. The Morgan fingerprint density at radius 2 is 1.82 bits per heavy atom. The highest BCUT2D eigenvalue weighted by molar-refractivity contribution is 6.31. The second-order valence-electron chi connectivity index (χ2n) is 6.48. The van der Waals surface area contributed by atoms with Crippen LogP contribution < -0.4 is 5.32 Å². The maximum atomic E-state index is 12.2. The van der Waals surface area contributed by atoms with Gasteiger partial charge in [0.05, 0.1) is 29.6 Å². The van der Waals surface area contributed by atoms with Crippen LogP contribution in [0.3, 0.4) is 0 Å². The number of fused-ring (bicyclic) bond motifs is 1. The Hall–Kier alpha value is -3.24. The van der Waals surface area contributed by atoms with Crippen LogP contribution in [0.15, 0.2) is 79.0 Å². The quantitative estimate of drug-likeness (QED) is 0.433. The molecule has 4 rings (SSSR count). The van der Waals surface area contributed by atoms with Crippen LogP contribution >= 0.6 is 11.6 Å². The number of rotatable bonds is 5. The van der Waals surface area contributed by atoms with Crippen molar-refractivity contribution in [1.82, 2.24) is 4.57 Å². The van der Waals surface area contributed by atoms with Crippen LogP contribution in [-0.2, 0) is 11.3 Å². The molecule has 0 aliphatic carbocycles. The highest BCUT2D eigenvalue weighted by Gasteiger charge is 2.15. The minimum Gasteiger partial charge on any atom is -0.465 e. The Bertz CT molecular complexity index is 1140. The van der Waals surface area contributed by atoms with Crippen molar-refractivity contribution in [2.24, 2.45) is 0 Å². The average molecular weight is 391 g/mol. The predicted octanol–water partition coefficient (Wildman–Crippen LogP) is 5.87. The Morgan fingerprint density at radius 3 is 2.61 bits per heavy atom. The second-order valence-corrected chi connectivity index (χ2v) is 6.92. The fraction of sp³-hybridized carbons (Fsp3) is 0.0870. The Labute approximate surface area is 168 Å². The van der Waals surface area contributed by atoms with Crippen molar-refractivity contribution in [3.8, 4) is 0 Å². The highest BCUT2D eigenvalue weighted by atomic mass is 35.5. The van der Waals surface area contributed by atoms with Gasteiger partial charge < -0.3 is 14.6 Å². The van der Waals surface area contributed by atoms with Gasteiger partial charge in [0, 0.05) is 23.2 Å². The number of halogens is 1. The minimum atomic E-state index is -0.433. The predicted molar refractivity (Wildman–Crippen MR) is 114 cm³/mol. The summed E-state index contributed by atoms with van der Waals surface area (Å²) in [6.45, 7) is 0.757. The summed E-state index contributed by atoms with van der Waals surface area (Å²) in [5.41, 5.74) is 4.24. The molecule has 4 nitrogen and oxygen atoms in total. The molecule has 0 saturated carbocycles. The molecule has 0 fully saturated rings. The molecule has 1 heterocycles. The van der Waals surface area contributed by atoms with E-state index in [2.05, 4.69) is 40.3 Å². The topological polar surface area (TPSA) is 43.3 Å². The molecule has 0 atom stereocenters. The van der Waals surface area contributed by atoms with Gasteiger partial charge in [-0.2, -0.15) is 0 Å². The monoisotopic (exact) mass is 390 g/mol. The van der Waals surface area contributed by atoms with Gasteiger partial charge in [-0.05, 0) is 35.9 Å². The molecule has 140 valence electrons. The molecule has 5 heteroatoms. The lowest BCUT2D eigenvalue weighted by Gasteiger charge is -2.14. The van der Waals surface area contributed by atoms with E-state index in [0.29, 0.717) is 16.3 Å². The van der Waals surface area contributed by atoms with Crippen molar-refractivity contribution in [3.63, 3.8) is 0 Å². The Kier molecular flexibility index (Phi) is 5.04. The summed E-state index contributed by atoms with van der Waals surface area (Å²) in [6.07, 6.45) is 2.08. The lowest BCUT2D eigenvalue weighted by Crippen LogP contribution is -2.06. The fourth-order valence-corrected chi connectivity index (χ4v) is 3.50. The molecule has 0 amide bonds. The summed E-state index contributed by atoms with van der Waals surface area (Å²) in [7, 11) is 1.36. The molecule has 0 aliphatic rings. The van der Waals surface area contributed by atoms with E-state index >= 15 is 0 Å². The van der Waals surface area contributed by atoms with E-state index in [-0.39, 0.29) is 0 Å². The number of para-hydroxylation sites is 1. The lowest BCUT2D eigenvalue weighted by molar-refractivity contribution is 0.0602. The van der Waals surface area contributed by atoms with Crippen LogP contribution in [0.5, 0.6) is 0 Å². The number of methoxy groups -OCH3 is 1. The van der Waals surface area contributed by atoms with Crippen molar-refractivity contribution in [3.05, 3.63) is 95.1 Å². The molecule has 1 aromatic heterocycles. The van der Waals surface area contributed by atoms with Crippen LogP contribution in [0.1, 0.15) is 15.9 Å². The number of aromatic nitrogens is 1. The molecule has 0 aliphatic heterocycles. The zero-order valence-corrected chi connectivity index (χ0v) is 16.1. The van der Waals surface area contributed by atoms with Crippen LogP contribution in [0.2, 0.25) is 5.02 Å². The number of ether oxygens (including phenoxy) is 1. The lowest BCUT2D eigenvalue weighted by atomic mass is 10.1. The summed E-state index contributed by atoms with van der Waals surface area (Å²) in [6, 6.07) is 23.6. The number of nitrogens with one attached hydrogen (secondary N) is 1. The number of carbonyl (C=O) groups is 1. The van der Waals surface area contributed by atoms with Crippen LogP contribution in [-0.4, -0.2) is 17.6 Å². The standard InChI is InChI=1S/C23H19ClN2O2/c1-28-23(27)19-14-18(24)10-11-20(19)25-21-9-5-8-17-12-13-26(22(17)21)15-16-6-3-2-4-7-16/h2-14,25H,15H2,1H3. The summed E-state index contributed by atoms with van der Waals surface area (Å²) in [5.74, 6) is -0.433. The van der Waals surface area contributed by atoms with Crippen LogP contribution in [0.25, 0.3) is 10.9 Å². The zero-order valence-electron chi connectivity index (χ0n) is 15.4. The molecule has 0 spiro atoms. The van der Waals surface area contributed by atoms with Gasteiger partial charge in [-0.15, -0.1) is 0 Å². The van der Waals surface area contributed by atoms with E-state index in [0.717, 1.165) is 23.1 Å². The SMILES string of the molecule is COC(=O)c1cc(Cl)ccc1Nc1cccc2ccn(Cc3ccccc3)c12. The second kappa shape index (κ2) is 7.79. The van der Waals surface area contributed by atoms with E-state index in [1.807, 2.05) is 30.3 Å². The first-order valence-corrected chi connectivity index (χ1v) is 9.30. The molecular weight excluding hydrogens is 372 g/mol. The molecule has 0 saturated heterocycles. The first-order chi connectivity index (χ1) is 13.7. The van der Waals surface area contributed by atoms with E-state index in [1.54, 1.807) is 18.2 Å². The number of nitrogens with zero attached hydrogens (tertiary/aromatic N) is 1. The first-order valence-electron chi connectivity index (χ1n) is 8.92. The molecular formula is C23H19ClN2O2. The smallest absolute Gasteiger partial charge is 0.340 e. The van der Waals surface area contributed by atoms with Crippen LogP contribution in [0.4, 0.5) is 11.4 Å². The summed E-state index contributed by atoms with van der Waals surface area (Å²) >= 11 is 6.07. The molecule has 0 radical (unpaired) electrons. The summed E-state index contributed by atoms with van der Waals surface area (Å²) in [5, 5.41) is 4.99. The van der Waals surface area contributed by atoms with Crippen molar-refractivity contribution in [2.45, 2.75) is 6.54 Å². The van der Waals surface area contributed by atoms with Gasteiger partial charge in [-0.3, -0.25) is 0 Å². The van der Waals surface area contributed by atoms with Gasteiger partial charge in [-0.1, -0.05) is 54.1 Å². The van der Waals surface area contributed by atoms with Gasteiger partial charge in [-0.25, -0.2) is 4.79 Å². The molecule has 3 aromatic carbocycles. The zero-order chi connectivity index (χ0) is 19.5. The van der Waals surface area contributed by atoms with Crippen LogP contribution in [0, 0.1) is 0 Å². The number of anilines is 2. The molecule has 1 N–H and O–H groups in total. The third-order valence-electron chi connectivity index (χ3n) is 4.64. The van der Waals surface area contributed by atoms with Gasteiger partial charge in [0.1, 0.15) is 0 Å².